The number of carbonyl (C=O) groups excluding carboxylic acids is 1. The second-order valence-corrected chi connectivity index (χ2v) is 5.41. The van der Waals surface area contributed by atoms with Crippen LogP contribution in [0.15, 0.2) is 53.2 Å². The zero-order valence-corrected chi connectivity index (χ0v) is 13.3. The quantitative estimate of drug-likeness (QED) is 0.642. The summed E-state index contributed by atoms with van der Waals surface area (Å²) in [6, 6.07) is 13.3. The summed E-state index contributed by atoms with van der Waals surface area (Å²) >= 11 is 0. The maximum Gasteiger partial charge on any atom is 0.363 e. The number of cyclic esters (lactones) is 1. The summed E-state index contributed by atoms with van der Waals surface area (Å²) in [5, 5.41) is 0. The summed E-state index contributed by atoms with van der Waals surface area (Å²) in [4.78, 5) is 16.3. The fourth-order valence-electron chi connectivity index (χ4n) is 2.27. The molecule has 0 fully saturated rings. The summed E-state index contributed by atoms with van der Waals surface area (Å²) in [6.45, 7) is 4.06. The molecule has 4 heteroatoms. The van der Waals surface area contributed by atoms with Gasteiger partial charge in [0.2, 0.25) is 5.90 Å². The number of carbonyl (C=O) groups is 1. The van der Waals surface area contributed by atoms with Gasteiger partial charge in [0.25, 0.3) is 0 Å². The number of ether oxygens (including phenoxy) is 2. The lowest BCUT2D eigenvalue weighted by Gasteiger charge is -2.03. The Kier molecular flexibility index (Phi) is 3.98. The van der Waals surface area contributed by atoms with E-state index in [9.17, 15) is 4.79 Å². The second kappa shape index (κ2) is 6.08. The van der Waals surface area contributed by atoms with E-state index in [1.54, 1.807) is 13.2 Å². The van der Waals surface area contributed by atoms with Gasteiger partial charge in [0.15, 0.2) is 5.70 Å². The van der Waals surface area contributed by atoms with Crippen LogP contribution in [0, 0.1) is 13.8 Å². The van der Waals surface area contributed by atoms with E-state index >= 15 is 0 Å². The third kappa shape index (κ3) is 3.16. The van der Waals surface area contributed by atoms with Crippen molar-refractivity contribution in [2.24, 2.45) is 4.99 Å². The Morgan fingerprint density at radius 1 is 1.04 bits per heavy atom. The summed E-state index contributed by atoms with van der Waals surface area (Å²) < 4.78 is 10.4. The van der Waals surface area contributed by atoms with Crippen molar-refractivity contribution in [3.63, 3.8) is 0 Å². The van der Waals surface area contributed by atoms with Crippen molar-refractivity contribution in [3.05, 3.63) is 70.4 Å². The summed E-state index contributed by atoms with van der Waals surface area (Å²) in [7, 11) is 1.61. The largest absolute Gasteiger partial charge is 0.497 e. The van der Waals surface area contributed by atoms with Crippen LogP contribution in [0.1, 0.15) is 22.3 Å². The van der Waals surface area contributed by atoms with Crippen molar-refractivity contribution in [2.45, 2.75) is 13.8 Å². The van der Waals surface area contributed by atoms with Crippen molar-refractivity contribution in [1.29, 1.82) is 0 Å². The van der Waals surface area contributed by atoms with E-state index in [0.717, 1.165) is 22.4 Å². The minimum Gasteiger partial charge on any atom is -0.497 e. The smallest absolute Gasteiger partial charge is 0.363 e. The Morgan fingerprint density at radius 3 is 2.43 bits per heavy atom. The SMILES string of the molecule is COc1ccc(/C=C2/N=C(c3ccc(C)c(C)c3)OC2=O)cc1. The number of nitrogens with zero attached hydrogens (tertiary/aromatic N) is 1. The number of benzene rings is 2. The van der Waals surface area contributed by atoms with E-state index in [2.05, 4.69) is 4.99 Å². The molecule has 0 aromatic heterocycles. The van der Waals surface area contributed by atoms with Gasteiger partial charge in [-0.3, -0.25) is 0 Å². The molecule has 0 bridgehead atoms. The molecule has 1 aliphatic rings. The zero-order valence-electron chi connectivity index (χ0n) is 13.3. The first-order valence-electron chi connectivity index (χ1n) is 7.31. The maximum absolute atomic E-state index is 12.0. The van der Waals surface area contributed by atoms with Crippen LogP contribution in [-0.4, -0.2) is 19.0 Å². The minimum atomic E-state index is -0.436. The summed E-state index contributed by atoms with van der Waals surface area (Å²) in [6.07, 6.45) is 1.70. The van der Waals surface area contributed by atoms with Crippen LogP contribution in [0.3, 0.4) is 0 Å². The number of aryl methyl sites for hydroxylation is 2. The predicted molar refractivity (Wildman–Crippen MR) is 89.5 cm³/mol. The van der Waals surface area contributed by atoms with Crippen LogP contribution in [0.2, 0.25) is 0 Å². The van der Waals surface area contributed by atoms with Crippen molar-refractivity contribution >= 4 is 17.9 Å². The standard InChI is InChI=1S/C19H17NO3/c1-12-4-7-15(10-13(12)2)18-20-17(19(21)23-18)11-14-5-8-16(22-3)9-6-14/h4-11H,1-3H3/b17-11+. The maximum atomic E-state index is 12.0. The molecule has 1 aliphatic heterocycles. The Hall–Kier alpha value is -2.88. The Bertz CT molecular complexity index is 817. The molecule has 2 aromatic carbocycles. The second-order valence-electron chi connectivity index (χ2n) is 5.41. The van der Waals surface area contributed by atoms with Gasteiger partial charge in [-0.25, -0.2) is 9.79 Å². The first kappa shape index (κ1) is 15.0. The van der Waals surface area contributed by atoms with Gasteiger partial charge in [-0.15, -0.1) is 0 Å². The van der Waals surface area contributed by atoms with Crippen LogP contribution in [0.5, 0.6) is 5.75 Å². The van der Waals surface area contributed by atoms with Gasteiger partial charge in [-0.1, -0.05) is 18.2 Å². The zero-order chi connectivity index (χ0) is 16.4. The summed E-state index contributed by atoms with van der Waals surface area (Å²) in [5.41, 5.74) is 4.28. The van der Waals surface area contributed by atoms with Crippen LogP contribution < -0.4 is 4.74 Å². The number of methoxy groups -OCH3 is 1. The predicted octanol–water partition coefficient (Wildman–Crippen LogP) is 3.66. The van der Waals surface area contributed by atoms with E-state index in [1.807, 2.05) is 56.3 Å². The Balaban J connectivity index is 1.90. The van der Waals surface area contributed by atoms with Gasteiger partial charge in [0, 0.05) is 5.56 Å². The van der Waals surface area contributed by atoms with Gasteiger partial charge in [0.1, 0.15) is 5.75 Å². The molecular formula is C19H17NO3. The molecule has 0 radical (unpaired) electrons. The third-order valence-electron chi connectivity index (χ3n) is 3.79. The number of aliphatic imine (C=N–C) groups is 1. The van der Waals surface area contributed by atoms with Gasteiger partial charge >= 0.3 is 5.97 Å². The molecular weight excluding hydrogens is 290 g/mol. The van der Waals surface area contributed by atoms with Crippen LogP contribution >= 0.6 is 0 Å². The number of hydrogen-bond donors (Lipinski definition) is 0. The summed E-state index contributed by atoms with van der Waals surface area (Å²) in [5.74, 6) is 0.673. The molecule has 0 N–H and O–H groups in total. The molecule has 0 unspecified atom stereocenters. The third-order valence-corrected chi connectivity index (χ3v) is 3.79. The van der Waals surface area contributed by atoms with Crippen LogP contribution in [0.4, 0.5) is 0 Å². The molecule has 3 rings (SSSR count). The monoisotopic (exact) mass is 307 g/mol. The number of esters is 1. The minimum absolute atomic E-state index is 0.295. The topological polar surface area (TPSA) is 47.9 Å². The number of rotatable bonds is 3. The molecule has 0 saturated carbocycles. The fraction of sp³-hybridized carbons (Fsp3) is 0.158. The van der Waals surface area contributed by atoms with Gasteiger partial charge < -0.3 is 9.47 Å². The van der Waals surface area contributed by atoms with Crippen LogP contribution in [-0.2, 0) is 9.53 Å². The lowest BCUT2D eigenvalue weighted by Crippen LogP contribution is -2.05. The molecule has 2 aromatic rings. The molecule has 0 amide bonds. The Morgan fingerprint density at radius 2 is 1.78 bits per heavy atom. The normalized spacial score (nSPS) is 15.5. The number of hydrogen-bond acceptors (Lipinski definition) is 4. The Labute approximate surface area is 135 Å². The molecule has 116 valence electrons. The average molecular weight is 307 g/mol. The molecule has 23 heavy (non-hydrogen) atoms. The molecule has 4 nitrogen and oxygen atoms in total. The van der Waals surface area contributed by atoms with Crippen LogP contribution in [0.25, 0.3) is 6.08 Å². The lowest BCUT2D eigenvalue weighted by atomic mass is 10.1. The van der Waals surface area contributed by atoms with E-state index in [4.69, 9.17) is 9.47 Å². The van der Waals surface area contributed by atoms with E-state index in [-0.39, 0.29) is 0 Å². The van der Waals surface area contributed by atoms with E-state index in [0.29, 0.717) is 11.6 Å². The van der Waals surface area contributed by atoms with Gasteiger partial charge in [0.05, 0.1) is 7.11 Å². The molecule has 0 saturated heterocycles. The lowest BCUT2D eigenvalue weighted by molar-refractivity contribution is -0.129. The van der Waals surface area contributed by atoms with E-state index < -0.39 is 5.97 Å². The fourth-order valence-corrected chi connectivity index (χ4v) is 2.27. The highest BCUT2D eigenvalue weighted by Gasteiger charge is 2.24. The van der Waals surface area contributed by atoms with Crippen molar-refractivity contribution < 1.29 is 14.3 Å². The highest BCUT2D eigenvalue weighted by atomic mass is 16.6. The highest BCUT2D eigenvalue weighted by Crippen LogP contribution is 2.21. The molecule has 1 heterocycles. The van der Waals surface area contributed by atoms with Crippen molar-refractivity contribution in [1.82, 2.24) is 0 Å². The van der Waals surface area contributed by atoms with Gasteiger partial charge in [-0.2, -0.15) is 0 Å². The highest BCUT2D eigenvalue weighted by molar-refractivity contribution is 6.12. The van der Waals surface area contributed by atoms with Crippen molar-refractivity contribution in [2.75, 3.05) is 7.11 Å². The molecule has 0 spiro atoms. The molecule has 0 aliphatic carbocycles. The first-order chi connectivity index (χ1) is 11.1. The van der Waals surface area contributed by atoms with Crippen molar-refractivity contribution in [3.8, 4) is 5.75 Å². The first-order valence-corrected chi connectivity index (χ1v) is 7.31. The van der Waals surface area contributed by atoms with E-state index in [1.165, 1.54) is 5.56 Å². The van der Waals surface area contributed by atoms with Gasteiger partial charge in [-0.05, 0) is 60.9 Å². The molecule has 0 atom stereocenters. The average Bonchev–Trinajstić information content (AvgIpc) is 2.92.